The number of ether oxygens (including phenoxy) is 3. The summed E-state index contributed by atoms with van der Waals surface area (Å²) in [7, 11) is 0. The lowest BCUT2D eigenvalue weighted by Gasteiger charge is -2.37. The van der Waals surface area contributed by atoms with Crippen LogP contribution in [-0.4, -0.2) is 58.3 Å². The summed E-state index contributed by atoms with van der Waals surface area (Å²) in [6.07, 6.45) is 0.341. The van der Waals surface area contributed by atoms with Crippen LogP contribution in [-0.2, 0) is 33.4 Å². The van der Waals surface area contributed by atoms with Gasteiger partial charge in [0.2, 0.25) is 12.7 Å². The van der Waals surface area contributed by atoms with Crippen LogP contribution in [0.5, 0.6) is 0 Å². The molecule has 0 spiro atoms. The number of amides is 1. The summed E-state index contributed by atoms with van der Waals surface area (Å²) in [6, 6.07) is -0.876. The van der Waals surface area contributed by atoms with Crippen molar-refractivity contribution in [3.05, 3.63) is 0 Å². The molecule has 2 saturated heterocycles. The van der Waals surface area contributed by atoms with Crippen molar-refractivity contribution < 1.29 is 33.4 Å². The number of hydrogen-bond donors (Lipinski definition) is 0. The van der Waals surface area contributed by atoms with Crippen molar-refractivity contribution in [1.29, 1.82) is 0 Å². The highest BCUT2D eigenvalue weighted by atomic mass is 32.2. The van der Waals surface area contributed by atoms with Crippen LogP contribution < -0.4 is 0 Å². The number of β-lactam (4-membered cyclic amide) rings is 1. The minimum atomic E-state index is -0.876. The van der Waals surface area contributed by atoms with Gasteiger partial charge in [0, 0.05) is 13.8 Å². The largest absolute Gasteiger partial charge is 0.464 e. The molecule has 0 aromatic heterocycles. The van der Waals surface area contributed by atoms with Crippen LogP contribution in [0.15, 0.2) is 0 Å². The van der Waals surface area contributed by atoms with Crippen LogP contribution in [0.4, 0.5) is 0 Å². The number of rotatable bonds is 5. The van der Waals surface area contributed by atoms with Crippen molar-refractivity contribution in [2.75, 3.05) is 13.4 Å². The molecule has 122 valence electrons. The summed E-state index contributed by atoms with van der Waals surface area (Å²) in [5, 5.41) is -0.126. The average molecular weight is 331 g/mol. The number of carbonyl (C=O) groups is 4. The van der Waals surface area contributed by atoms with Gasteiger partial charge in [-0.1, -0.05) is 0 Å². The monoisotopic (exact) mass is 331 g/mol. The number of carbonyl (C=O) groups excluding carboxylic acids is 4. The molecule has 0 aliphatic carbocycles. The molecule has 0 aromatic rings. The average Bonchev–Trinajstić information content (AvgIpc) is 2.64. The summed E-state index contributed by atoms with van der Waals surface area (Å²) in [4.78, 5) is 47.2. The van der Waals surface area contributed by atoms with Gasteiger partial charge < -0.3 is 19.1 Å². The van der Waals surface area contributed by atoms with Crippen molar-refractivity contribution in [2.24, 2.45) is 0 Å². The molecule has 0 N–H and O–H groups in total. The highest BCUT2D eigenvalue weighted by Gasteiger charge is 2.61. The minimum absolute atomic E-state index is 0.0133. The van der Waals surface area contributed by atoms with Gasteiger partial charge in [-0.2, -0.15) is 0 Å². The Balaban J connectivity index is 2.08. The second-order valence-electron chi connectivity index (χ2n) is 5.29. The fourth-order valence-corrected chi connectivity index (χ4v) is 4.12. The zero-order valence-electron chi connectivity index (χ0n) is 12.5. The Bertz CT molecular complexity index is 523. The Hall–Kier alpha value is -1.77. The van der Waals surface area contributed by atoms with Crippen molar-refractivity contribution in [3.8, 4) is 0 Å². The van der Waals surface area contributed by atoms with E-state index in [4.69, 9.17) is 9.47 Å². The smallest absolute Gasteiger partial charge is 0.333 e. The third kappa shape index (κ3) is 3.18. The second-order valence-corrected chi connectivity index (χ2v) is 7.00. The van der Waals surface area contributed by atoms with Gasteiger partial charge in [-0.25, -0.2) is 4.79 Å². The van der Waals surface area contributed by atoms with E-state index in [9.17, 15) is 19.2 Å². The van der Waals surface area contributed by atoms with E-state index >= 15 is 0 Å². The Morgan fingerprint density at radius 2 is 1.86 bits per heavy atom. The highest BCUT2D eigenvalue weighted by Crippen LogP contribution is 2.51. The van der Waals surface area contributed by atoms with Crippen molar-refractivity contribution >= 4 is 35.6 Å². The Morgan fingerprint density at radius 1 is 1.23 bits per heavy atom. The Labute approximate surface area is 131 Å². The van der Waals surface area contributed by atoms with E-state index in [1.165, 1.54) is 30.5 Å². The zero-order chi connectivity index (χ0) is 16.5. The molecule has 2 heterocycles. The molecule has 2 rings (SSSR count). The zero-order valence-corrected chi connectivity index (χ0v) is 13.3. The van der Waals surface area contributed by atoms with E-state index in [-0.39, 0.29) is 17.9 Å². The summed E-state index contributed by atoms with van der Waals surface area (Å²) < 4.78 is 13.7. The normalized spacial score (nSPS) is 29.4. The lowest BCUT2D eigenvalue weighted by atomic mass is 9.97. The van der Waals surface area contributed by atoms with Gasteiger partial charge in [0.1, 0.15) is 12.6 Å². The van der Waals surface area contributed by atoms with Crippen molar-refractivity contribution in [3.63, 3.8) is 0 Å². The maximum Gasteiger partial charge on any atom is 0.333 e. The van der Waals surface area contributed by atoms with Crippen LogP contribution in [0.25, 0.3) is 0 Å². The van der Waals surface area contributed by atoms with Gasteiger partial charge in [0.05, 0.1) is 16.5 Å². The van der Waals surface area contributed by atoms with E-state index in [0.29, 0.717) is 6.42 Å². The number of esters is 3. The van der Waals surface area contributed by atoms with Crippen LogP contribution in [0.2, 0.25) is 0 Å². The topological polar surface area (TPSA) is 99.2 Å². The number of nitrogens with zero attached hydrogens (tertiary/aromatic N) is 1. The number of fused-ring (bicyclic) bond motifs is 1. The van der Waals surface area contributed by atoms with E-state index in [1.54, 1.807) is 6.92 Å². The maximum atomic E-state index is 12.3. The third-order valence-electron chi connectivity index (χ3n) is 3.46. The first kappa shape index (κ1) is 16.6. The lowest BCUT2D eigenvalue weighted by molar-refractivity contribution is -0.175. The molecule has 3 atom stereocenters. The standard InChI is InChI=1S/C13H17NO7S/c1-7(15)19-5-13(3)11(12(18)21-6-20-8(2)16)14-9(17)4-10(14)22-13/h10-11H,4-6H2,1-3H3/t10-,11+,13+/m1/s1. The summed E-state index contributed by atoms with van der Waals surface area (Å²) in [5.74, 6) is -1.87. The maximum absolute atomic E-state index is 12.3. The van der Waals surface area contributed by atoms with Crippen LogP contribution in [0, 0.1) is 0 Å². The SMILES string of the molecule is CC(=O)OCOC(=O)[C@@H]1N2C(=O)C[C@H]2S[C@@]1(C)COC(C)=O. The second kappa shape index (κ2) is 6.15. The molecule has 0 unspecified atom stereocenters. The Kier molecular flexibility index (Phi) is 4.64. The third-order valence-corrected chi connectivity index (χ3v) is 5.00. The molecule has 0 radical (unpaired) electrons. The summed E-state index contributed by atoms with van der Waals surface area (Å²) in [5.41, 5.74) is 0. The number of hydrogen-bond acceptors (Lipinski definition) is 8. The molecule has 2 aliphatic rings. The first-order valence-electron chi connectivity index (χ1n) is 6.67. The van der Waals surface area contributed by atoms with Gasteiger partial charge >= 0.3 is 17.9 Å². The van der Waals surface area contributed by atoms with E-state index in [1.807, 2.05) is 0 Å². The fourth-order valence-electron chi connectivity index (χ4n) is 2.45. The van der Waals surface area contributed by atoms with Gasteiger partial charge in [-0.15, -0.1) is 11.8 Å². The van der Waals surface area contributed by atoms with Crippen LogP contribution in [0.1, 0.15) is 27.2 Å². The first-order valence-corrected chi connectivity index (χ1v) is 7.55. The predicted octanol–water partition coefficient (Wildman–Crippen LogP) is 0.0458. The van der Waals surface area contributed by atoms with Crippen LogP contribution in [0.3, 0.4) is 0 Å². The molecule has 8 nitrogen and oxygen atoms in total. The van der Waals surface area contributed by atoms with Gasteiger partial charge in [0.15, 0.2) is 0 Å². The predicted molar refractivity (Wildman–Crippen MR) is 74.4 cm³/mol. The lowest BCUT2D eigenvalue weighted by Crippen LogP contribution is -2.58. The minimum Gasteiger partial charge on any atom is -0.464 e. The van der Waals surface area contributed by atoms with E-state index in [0.717, 1.165) is 0 Å². The molecular weight excluding hydrogens is 314 g/mol. The molecule has 1 amide bonds. The molecule has 2 aliphatic heterocycles. The van der Waals surface area contributed by atoms with E-state index in [2.05, 4.69) is 4.74 Å². The molecule has 9 heteroatoms. The molecule has 0 bridgehead atoms. The van der Waals surface area contributed by atoms with Crippen LogP contribution >= 0.6 is 11.8 Å². The summed E-state index contributed by atoms with van der Waals surface area (Å²) >= 11 is 1.40. The molecule has 22 heavy (non-hydrogen) atoms. The molecule has 0 saturated carbocycles. The molecule has 2 fully saturated rings. The van der Waals surface area contributed by atoms with Gasteiger partial charge in [-0.05, 0) is 6.92 Å². The molecular formula is C13H17NO7S. The van der Waals surface area contributed by atoms with Crippen molar-refractivity contribution in [1.82, 2.24) is 4.90 Å². The van der Waals surface area contributed by atoms with E-state index < -0.39 is 35.5 Å². The van der Waals surface area contributed by atoms with Crippen molar-refractivity contribution in [2.45, 2.75) is 43.4 Å². The number of thioether (sulfide) groups is 1. The quantitative estimate of drug-likeness (QED) is 0.396. The van der Waals surface area contributed by atoms with Gasteiger partial charge in [0.25, 0.3) is 0 Å². The fraction of sp³-hybridized carbons (Fsp3) is 0.692. The summed E-state index contributed by atoms with van der Waals surface area (Å²) in [6.45, 7) is 3.69. The molecule has 0 aromatic carbocycles. The van der Waals surface area contributed by atoms with Gasteiger partial charge in [-0.3, -0.25) is 14.4 Å². The highest BCUT2D eigenvalue weighted by molar-refractivity contribution is 8.01. The Morgan fingerprint density at radius 3 is 2.41 bits per heavy atom. The first-order chi connectivity index (χ1) is 10.2.